The Labute approximate surface area is 196 Å². The fourth-order valence-electron chi connectivity index (χ4n) is 3.56. The smallest absolute Gasteiger partial charge is 0.243 e. The second-order valence-corrected chi connectivity index (χ2v) is 10.3. The van der Waals surface area contributed by atoms with Crippen LogP contribution in [0.5, 0.6) is 0 Å². The van der Waals surface area contributed by atoms with Crippen molar-refractivity contribution in [3.05, 3.63) is 63.9 Å². The lowest BCUT2D eigenvalue weighted by Gasteiger charge is -2.34. The van der Waals surface area contributed by atoms with E-state index >= 15 is 0 Å². The number of aromatic nitrogens is 3. The first-order chi connectivity index (χ1) is 15.3. The van der Waals surface area contributed by atoms with Crippen LogP contribution < -0.4 is 0 Å². The zero-order chi connectivity index (χ0) is 22.9. The Morgan fingerprint density at radius 3 is 2.31 bits per heavy atom. The molecule has 8 nitrogen and oxygen atoms in total. The number of nitrogens with one attached hydrogen (secondary N) is 1. The molecule has 0 unspecified atom stereocenters. The molecule has 1 amide bonds. The van der Waals surface area contributed by atoms with E-state index in [1.807, 2.05) is 31.2 Å². The average molecular weight is 492 g/mol. The minimum absolute atomic E-state index is 0.0302. The minimum Gasteiger partial charge on any atom is -0.338 e. The Hall–Kier alpha value is -2.53. The summed E-state index contributed by atoms with van der Waals surface area (Å²) in [5.41, 5.74) is 1.98. The SMILES string of the molecule is Cc1ccc(-c2n[nH]c(=S)n2CC(=O)N2CCN(S(=O)(=O)c3ccc(Cl)cc3)CC2)cc1. The Bertz CT molecular complexity index is 1280. The number of sulfonamides is 1. The van der Waals surface area contributed by atoms with E-state index < -0.39 is 10.0 Å². The Morgan fingerprint density at radius 2 is 1.69 bits per heavy atom. The average Bonchev–Trinajstić information content (AvgIpc) is 3.14. The number of rotatable bonds is 5. The second-order valence-electron chi connectivity index (χ2n) is 7.54. The zero-order valence-corrected chi connectivity index (χ0v) is 19.8. The van der Waals surface area contributed by atoms with Gasteiger partial charge < -0.3 is 4.90 Å². The third-order valence-electron chi connectivity index (χ3n) is 5.40. The molecule has 2 aromatic carbocycles. The van der Waals surface area contributed by atoms with E-state index in [1.165, 1.54) is 16.4 Å². The molecule has 0 atom stereocenters. The number of halogens is 1. The third kappa shape index (κ3) is 4.63. The monoisotopic (exact) mass is 491 g/mol. The highest BCUT2D eigenvalue weighted by Gasteiger charge is 2.30. The summed E-state index contributed by atoms with van der Waals surface area (Å²) in [6, 6.07) is 13.9. The van der Waals surface area contributed by atoms with Crippen LogP contribution in [0.2, 0.25) is 5.02 Å². The standard InChI is InChI=1S/C21H22ClN5O3S2/c1-15-2-4-16(5-3-15)20-23-24-21(31)27(20)14-19(28)25-10-12-26(13-11-25)32(29,30)18-8-6-17(22)7-9-18/h2-9H,10-14H2,1H3,(H,24,31). The summed E-state index contributed by atoms with van der Waals surface area (Å²) in [4.78, 5) is 14.8. The molecule has 1 aliphatic rings. The van der Waals surface area contributed by atoms with Crippen molar-refractivity contribution in [3.63, 3.8) is 0 Å². The highest BCUT2D eigenvalue weighted by Crippen LogP contribution is 2.21. The summed E-state index contributed by atoms with van der Waals surface area (Å²) in [5, 5.41) is 7.51. The maximum atomic E-state index is 13.0. The van der Waals surface area contributed by atoms with Crippen LogP contribution in [0.4, 0.5) is 0 Å². The number of H-pyrrole nitrogens is 1. The summed E-state index contributed by atoms with van der Waals surface area (Å²) >= 11 is 11.2. The van der Waals surface area contributed by atoms with Crippen molar-refractivity contribution in [2.75, 3.05) is 26.2 Å². The maximum Gasteiger partial charge on any atom is 0.243 e. The van der Waals surface area contributed by atoms with E-state index in [-0.39, 0.29) is 30.4 Å². The largest absolute Gasteiger partial charge is 0.338 e. The van der Waals surface area contributed by atoms with E-state index in [0.717, 1.165) is 11.1 Å². The summed E-state index contributed by atoms with van der Waals surface area (Å²) < 4.78 is 29.1. The molecule has 11 heteroatoms. The molecular weight excluding hydrogens is 470 g/mol. The van der Waals surface area contributed by atoms with Gasteiger partial charge in [-0.2, -0.15) is 9.40 Å². The number of carbonyl (C=O) groups is 1. The van der Waals surface area contributed by atoms with Crippen LogP contribution in [0, 0.1) is 11.7 Å². The van der Waals surface area contributed by atoms with Gasteiger partial charge in [0.1, 0.15) is 6.54 Å². The number of nitrogens with zero attached hydrogens (tertiary/aromatic N) is 4. The molecule has 32 heavy (non-hydrogen) atoms. The quantitative estimate of drug-likeness (QED) is 0.554. The van der Waals surface area contributed by atoms with Gasteiger partial charge in [-0.3, -0.25) is 14.5 Å². The summed E-state index contributed by atoms with van der Waals surface area (Å²) in [6.45, 7) is 3.07. The van der Waals surface area contributed by atoms with Gasteiger partial charge in [0.2, 0.25) is 15.9 Å². The number of aryl methyl sites for hydroxylation is 1. The molecule has 0 bridgehead atoms. The van der Waals surface area contributed by atoms with E-state index in [0.29, 0.717) is 28.7 Å². The van der Waals surface area contributed by atoms with Crippen molar-refractivity contribution < 1.29 is 13.2 Å². The maximum absolute atomic E-state index is 13.0. The zero-order valence-electron chi connectivity index (χ0n) is 17.4. The van der Waals surface area contributed by atoms with Crippen LogP contribution in [-0.2, 0) is 21.4 Å². The molecule has 2 heterocycles. The predicted molar refractivity (Wildman–Crippen MR) is 124 cm³/mol. The van der Waals surface area contributed by atoms with Crippen molar-refractivity contribution >= 4 is 39.7 Å². The van der Waals surface area contributed by atoms with Crippen molar-refractivity contribution in [3.8, 4) is 11.4 Å². The van der Waals surface area contributed by atoms with E-state index in [2.05, 4.69) is 10.2 Å². The van der Waals surface area contributed by atoms with Gasteiger partial charge in [-0.25, -0.2) is 8.42 Å². The highest BCUT2D eigenvalue weighted by atomic mass is 35.5. The van der Waals surface area contributed by atoms with Gasteiger partial charge >= 0.3 is 0 Å². The second kappa shape index (κ2) is 9.14. The lowest BCUT2D eigenvalue weighted by molar-refractivity contribution is -0.133. The Kier molecular flexibility index (Phi) is 6.47. The first kappa shape index (κ1) is 22.7. The van der Waals surface area contributed by atoms with Gasteiger partial charge in [0.05, 0.1) is 4.90 Å². The number of hydrogen-bond acceptors (Lipinski definition) is 5. The molecule has 1 saturated heterocycles. The highest BCUT2D eigenvalue weighted by molar-refractivity contribution is 7.89. The van der Waals surface area contributed by atoms with Crippen LogP contribution in [-0.4, -0.2) is 64.5 Å². The molecule has 1 aromatic heterocycles. The molecule has 0 radical (unpaired) electrons. The molecule has 3 aromatic rings. The molecule has 0 aliphatic carbocycles. The lowest BCUT2D eigenvalue weighted by Crippen LogP contribution is -2.51. The Balaban J connectivity index is 1.44. The normalized spacial score (nSPS) is 15.1. The fraction of sp³-hybridized carbons (Fsp3) is 0.286. The van der Waals surface area contributed by atoms with Crippen LogP contribution in [0.1, 0.15) is 5.56 Å². The number of aromatic amines is 1. The van der Waals surface area contributed by atoms with Crippen LogP contribution in [0.25, 0.3) is 11.4 Å². The van der Waals surface area contributed by atoms with Crippen molar-refractivity contribution in [1.82, 2.24) is 24.0 Å². The molecule has 1 N–H and O–H groups in total. The summed E-state index contributed by atoms with van der Waals surface area (Å²) in [7, 11) is -3.63. The van der Waals surface area contributed by atoms with Gasteiger partial charge in [-0.15, -0.1) is 0 Å². The topological polar surface area (TPSA) is 91.3 Å². The lowest BCUT2D eigenvalue weighted by atomic mass is 10.1. The fourth-order valence-corrected chi connectivity index (χ4v) is 5.30. The number of benzene rings is 2. The van der Waals surface area contributed by atoms with Gasteiger partial charge in [0, 0.05) is 36.8 Å². The van der Waals surface area contributed by atoms with Crippen molar-refractivity contribution in [2.45, 2.75) is 18.4 Å². The van der Waals surface area contributed by atoms with Crippen LogP contribution in [0.3, 0.4) is 0 Å². The molecule has 0 spiro atoms. The first-order valence-corrected chi connectivity index (χ1v) is 12.2. The number of amides is 1. The molecule has 1 aliphatic heterocycles. The van der Waals surface area contributed by atoms with Gasteiger partial charge in [0.15, 0.2) is 10.6 Å². The van der Waals surface area contributed by atoms with Gasteiger partial charge in [-0.1, -0.05) is 41.4 Å². The summed E-state index contributed by atoms with van der Waals surface area (Å²) in [6.07, 6.45) is 0. The molecular formula is C21H22ClN5O3S2. The molecule has 0 saturated carbocycles. The van der Waals surface area contributed by atoms with E-state index in [9.17, 15) is 13.2 Å². The molecule has 4 rings (SSSR count). The Morgan fingerprint density at radius 1 is 1.06 bits per heavy atom. The van der Waals surface area contributed by atoms with Crippen molar-refractivity contribution in [2.24, 2.45) is 0 Å². The van der Waals surface area contributed by atoms with Crippen LogP contribution >= 0.6 is 23.8 Å². The van der Waals surface area contributed by atoms with Gasteiger partial charge in [-0.05, 0) is 43.4 Å². The minimum atomic E-state index is -3.63. The summed E-state index contributed by atoms with van der Waals surface area (Å²) in [5.74, 6) is 0.451. The van der Waals surface area contributed by atoms with Crippen LogP contribution in [0.15, 0.2) is 53.4 Å². The first-order valence-electron chi connectivity index (χ1n) is 10.0. The van der Waals surface area contributed by atoms with E-state index in [1.54, 1.807) is 21.6 Å². The van der Waals surface area contributed by atoms with E-state index in [4.69, 9.17) is 23.8 Å². The number of hydrogen-bond donors (Lipinski definition) is 1. The number of piperazine rings is 1. The molecule has 1 fully saturated rings. The van der Waals surface area contributed by atoms with Gasteiger partial charge in [0.25, 0.3) is 0 Å². The predicted octanol–water partition coefficient (Wildman–Crippen LogP) is 3.10. The molecule has 168 valence electrons. The third-order valence-corrected chi connectivity index (χ3v) is 7.88. The van der Waals surface area contributed by atoms with Crippen molar-refractivity contribution in [1.29, 1.82) is 0 Å². The number of carbonyl (C=O) groups excluding carboxylic acids is 1.